The Balaban J connectivity index is 1.74. The highest BCUT2D eigenvalue weighted by atomic mass is 35.5. The van der Waals surface area contributed by atoms with E-state index in [9.17, 15) is 5.11 Å². The number of pyridine rings is 1. The van der Waals surface area contributed by atoms with Crippen LogP contribution in [0.4, 0.5) is 0 Å². The number of fused-ring (bicyclic) bond motifs is 4. The Kier molecular flexibility index (Phi) is 5.15. The van der Waals surface area contributed by atoms with Crippen LogP contribution in [0.3, 0.4) is 0 Å². The van der Waals surface area contributed by atoms with Crippen molar-refractivity contribution in [3.05, 3.63) is 41.0 Å². The van der Waals surface area contributed by atoms with Crippen LogP contribution in [0, 0.1) is 5.41 Å². The van der Waals surface area contributed by atoms with E-state index in [-0.39, 0.29) is 5.41 Å². The number of thiazole rings is 1. The third-order valence-corrected chi connectivity index (χ3v) is 6.90. The lowest BCUT2D eigenvalue weighted by Crippen LogP contribution is -2.20. The first kappa shape index (κ1) is 21.2. The van der Waals surface area contributed by atoms with Crippen LogP contribution in [-0.4, -0.2) is 35.4 Å². The summed E-state index contributed by atoms with van der Waals surface area (Å²) in [6, 6.07) is 7.62. The molecule has 0 aliphatic carbocycles. The molecule has 1 atom stereocenters. The molecule has 8 heteroatoms. The van der Waals surface area contributed by atoms with E-state index in [0.29, 0.717) is 41.0 Å². The predicted octanol–water partition coefficient (Wildman–Crippen LogP) is 6.02. The lowest BCUT2D eigenvalue weighted by atomic mass is 9.84. The second kappa shape index (κ2) is 7.76. The van der Waals surface area contributed by atoms with Gasteiger partial charge in [-0.25, -0.2) is 4.98 Å². The topological polar surface area (TPSA) is 73.7 Å². The van der Waals surface area contributed by atoms with Crippen molar-refractivity contribution in [3.63, 3.8) is 0 Å². The second-order valence-electron chi connectivity index (χ2n) is 8.86. The van der Waals surface area contributed by atoms with Crippen molar-refractivity contribution < 1.29 is 19.3 Å². The highest BCUT2D eigenvalue weighted by Gasteiger charge is 2.30. The third-order valence-electron chi connectivity index (χ3n) is 5.51. The van der Waals surface area contributed by atoms with Gasteiger partial charge in [-0.15, -0.1) is 11.3 Å². The summed E-state index contributed by atoms with van der Waals surface area (Å²) in [6.45, 7) is 6.94. The Morgan fingerprint density at radius 2 is 1.91 bits per heavy atom. The molecule has 32 heavy (non-hydrogen) atoms. The molecule has 0 radical (unpaired) electrons. The number of nitrogens with zero attached hydrogens (tertiary/aromatic N) is 2. The molecule has 4 aromatic rings. The van der Waals surface area contributed by atoms with E-state index in [1.54, 1.807) is 13.3 Å². The Morgan fingerprint density at radius 3 is 2.66 bits per heavy atom. The number of ether oxygens (including phenoxy) is 3. The van der Waals surface area contributed by atoms with Gasteiger partial charge >= 0.3 is 0 Å². The monoisotopic (exact) mass is 470 g/mol. The molecule has 0 saturated heterocycles. The molecule has 0 saturated carbocycles. The summed E-state index contributed by atoms with van der Waals surface area (Å²) in [4.78, 5) is 9.34. The molecule has 5 rings (SSSR count). The number of aromatic nitrogens is 2. The maximum Gasteiger partial charge on any atom is 0.180 e. The van der Waals surface area contributed by atoms with E-state index in [4.69, 9.17) is 30.8 Å². The molecule has 0 spiro atoms. The van der Waals surface area contributed by atoms with Crippen LogP contribution >= 0.6 is 22.9 Å². The summed E-state index contributed by atoms with van der Waals surface area (Å²) >= 11 is 8.05. The maximum atomic E-state index is 11.1. The summed E-state index contributed by atoms with van der Waals surface area (Å²) < 4.78 is 18.0. The zero-order valence-electron chi connectivity index (χ0n) is 18.2. The molecule has 0 bridgehead atoms. The van der Waals surface area contributed by atoms with Gasteiger partial charge in [-0.2, -0.15) is 0 Å². The summed E-state index contributed by atoms with van der Waals surface area (Å²) in [5, 5.41) is 13.3. The first-order chi connectivity index (χ1) is 15.3. The first-order valence-corrected chi connectivity index (χ1v) is 11.5. The molecule has 166 valence electrons. The largest absolute Gasteiger partial charge is 0.495 e. The van der Waals surface area contributed by atoms with Crippen molar-refractivity contribution >= 4 is 44.1 Å². The van der Waals surface area contributed by atoms with Gasteiger partial charge in [0.2, 0.25) is 0 Å². The number of hydrogen-bond acceptors (Lipinski definition) is 7. The van der Waals surface area contributed by atoms with E-state index in [1.165, 1.54) is 11.3 Å². The molecule has 1 unspecified atom stereocenters. The lowest BCUT2D eigenvalue weighted by molar-refractivity contribution is 0.0633. The van der Waals surface area contributed by atoms with E-state index in [2.05, 4.69) is 4.98 Å². The van der Waals surface area contributed by atoms with Gasteiger partial charge < -0.3 is 19.3 Å². The maximum absolute atomic E-state index is 11.1. The van der Waals surface area contributed by atoms with Crippen LogP contribution < -0.4 is 14.2 Å². The fourth-order valence-electron chi connectivity index (χ4n) is 3.81. The minimum absolute atomic E-state index is 0.366. The average Bonchev–Trinajstić information content (AvgIpc) is 3.23. The van der Waals surface area contributed by atoms with Crippen LogP contribution in [0.1, 0.15) is 32.4 Å². The van der Waals surface area contributed by atoms with E-state index in [1.807, 2.05) is 45.0 Å². The van der Waals surface area contributed by atoms with E-state index < -0.39 is 6.10 Å². The molecule has 6 nitrogen and oxygen atoms in total. The van der Waals surface area contributed by atoms with E-state index >= 15 is 0 Å². The van der Waals surface area contributed by atoms with Gasteiger partial charge in [0, 0.05) is 16.5 Å². The summed E-state index contributed by atoms with van der Waals surface area (Å²) in [6.07, 6.45) is 0.930. The molecule has 1 N–H and O–H groups in total. The Labute approximate surface area is 194 Å². The van der Waals surface area contributed by atoms with Gasteiger partial charge in [0.1, 0.15) is 28.7 Å². The normalized spacial score (nSPS) is 14.7. The summed E-state index contributed by atoms with van der Waals surface area (Å²) in [5.74, 6) is 1.98. The Morgan fingerprint density at radius 1 is 1.12 bits per heavy atom. The summed E-state index contributed by atoms with van der Waals surface area (Å²) in [5.41, 5.74) is 2.65. The third kappa shape index (κ3) is 3.54. The zero-order chi connectivity index (χ0) is 22.6. The number of methoxy groups -OCH3 is 1. The van der Waals surface area contributed by atoms with Crippen molar-refractivity contribution in [2.24, 2.45) is 5.41 Å². The predicted molar refractivity (Wildman–Crippen MR) is 127 cm³/mol. The van der Waals surface area contributed by atoms with Crippen molar-refractivity contribution in [1.29, 1.82) is 0 Å². The molecule has 2 aromatic heterocycles. The van der Waals surface area contributed by atoms with Crippen molar-refractivity contribution in [3.8, 4) is 27.8 Å². The number of benzene rings is 2. The van der Waals surface area contributed by atoms with E-state index in [0.717, 1.165) is 31.7 Å². The van der Waals surface area contributed by atoms with Crippen molar-refractivity contribution in [2.45, 2.75) is 26.9 Å². The standard InChI is InChI=1S/C24H23ClN2O4S/c1-24(2,3)22(28)15-10-17-20(31-6-5-30-17)21-19(15)27-23(32-21)13-7-12-8-14(29-4)11-26-18(12)16(25)9-13/h7-11,22,28H,5-6H2,1-4H3. The fourth-order valence-corrected chi connectivity index (χ4v) is 5.17. The lowest BCUT2D eigenvalue weighted by Gasteiger charge is -2.28. The van der Waals surface area contributed by atoms with Gasteiger partial charge in [-0.1, -0.05) is 32.4 Å². The van der Waals surface area contributed by atoms with Gasteiger partial charge in [0.05, 0.1) is 35.5 Å². The molecule has 0 fully saturated rings. The number of rotatable bonds is 3. The molecule has 0 amide bonds. The second-order valence-corrected chi connectivity index (χ2v) is 10.3. The Bertz CT molecular complexity index is 1350. The minimum Gasteiger partial charge on any atom is -0.495 e. The van der Waals surface area contributed by atoms with Crippen LogP contribution in [0.25, 0.3) is 31.7 Å². The Hall–Kier alpha value is -2.61. The number of aliphatic hydroxyl groups is 1. The fraction of sp³-hybridized carbons (Fsp3) is 0.333. The molecule has 2 aromatic carbocycles. The highest BCUT2D eigenvalue weighted by molar-refractivity contribution is 7.22. The molecule has 1 aliphatic rings. The number of aliphatic hydroxyl groups excluding tert-OH is 1. The van der Waals surface area contributed by atoms with Crippen molar-refractivity contribution in [2.75, 3.05) is 20.3 Å². The average molecular weight is 471 g/mol. The van der Waals surface area contributed by atoms with Crippen LogP contribution in [0.15, 0.2) is 30.5 Å². The minimum atomic E-state index is -0.718. The smallest absolute Gasteiger partial charge is 0.180 e. The highest BCUT2D eigenvalue weighted by Crippen LogP contribution is 2.48. The zero-order valence-corrected chi connectivity index (χ0v) is 19.8. The SMILES string of the molecule is COc1cnc2c(Cl)cc(-c3nc4c(C(O)C(C)(C)C)cc5c(c4s3)OCCO5)cc2c1. The van der Waals surface area contributed by atoms with Gasteiger partial charge in [-0.3, -0.25) is 4.98 Å². The van der Waals surface area contributed by atoms with Gasteiger partial charge in [0.25, 0.3) is 0 Å². The quantitative estimate of drug-likeness (QED) is 0.394. The number of hydrogen-bond donors (Lipinski definition) is 1. The van der Waals surface area contributed by atoms with Gasteiger partial charge in [0.15, 0.2) is 11.5 Å². The molecular weight excluding hydrogens is 448 g/mol. The van der Waals surface area contributed by atoms with Crippen LogP contribution in [0.2, 0.25) is 5.02 Å². The van der Waals surface area contributed by atoms with Crippen molar-refractivity contribution in [1.82, 2.24) is 9.97 Å². The van der Waals surface area contributed by atoms with Crippen LogP contribution in [0.5, 0.6) is 17.2 Å². The molecule has 1 aliphatic heterocycles. The van der Waals surface area contributed by atoms with Gasteiger partial charge in [-0.05, 0) is 29.7 Å². The molecule has 3 heterocycles. The number of halogens is 1. The first-order valence-electron chi connectivity index (χ1n) is 10.3. The summed E-state index contributed by atoms with van der Waals surface area (Å²) in [7, 11) is 1.61. The molecular formula is C24H23ClN2O4S. The van der Waals surface area contributed by atoms with Crippen LogP contribution in [-0.2, 0) is 0 Å².